The van der Waals surface area contributed by atoms with Crippen molar-refractivity contribution in [1.82, 2.24) is 0 Å². The van der Waals surface area contributed by atoms with E-state index in [0.29, 0.717) is 0 Å². The summed E-state index contributed by atoms with van der Waals surface area (Å²) in [5, 5.41) is 0. The monoisotopic (exact) mass is 528 g/mol. The molecule has 0 saturated heterocycles. The number of hydrogen-bond donors (Lipinski definition) is 0. The topological polar surface area (TPSA) is 7.76 Å². The minimum Gasteiger partial charge on any atom is -0.201 e. The molecule has 38 heavy (non-hydrogen) atoms. The molecule has 0 bridgehead atoms. The zero-order valence-electron chi connectivity index (χ0n) is 21.0. The van der Waals surface area contributed by atoms with Crippen LogP contribution in [0.3, 0.4) is 0 Å². The molecule has 0 amide bonds. The molecule has 0 aliphatic carbocycles. The number of pyridine rings is 2. The van der Waals surface area contributed by atoms with Gasteiger partial charge >= 0.3 is 0 Å². The molecule has 4 heteroatoms. The van der Waals surface area contributed by atoms with Crippen LogP contribution in [0.25, 0.3) is 36.7 Å². The fourth-order valence-corrected chi connectivity index (χ4v) is 6.58. The van der Waals surface area contributed by atoms with Crippen molar-refractivity contribution in [2.24, 2.45) is 0 Å². The van der Waals surface area contributed by atoms with Crippen LogP contribution in [0.2, 0.25) is 0 Å². The predicted molar refractivity (Wildman–Crippen MR) is 160 cm³/mol. The summed E-state index contributed by atoms with van der Waals surface area (Å²) in [4.78, 5) is 5.21. The van der Waals surface area contributed by atoms with Gasteiger partial charge in [0.25, 0.3) is 0 Å². The van der Waals surface area contributed by atoms with E-state index in [2.05, 4.69) is 144 Å². The molecule has 0 N–H and O–H groups in total. The third-order valence-electron chi connectivity index (χ3n) is 6.59. The first kappa shape index (κ1) is 24.2. The van der Waals surface area contributed by atoms with Crippen LogP contribution in [0.5, 0.6) is 0 Å². The van der Waals surface area contributed by atoms with Gasteiger partial charge in [0.1, 0.15) is 0 Å². The highest BCUT2D eigenvalue weighted by Gasteiger charge is 2.12. The fraction of sp³-hybridized carbons (Fsp3) is 0.0588. The van der Waals surface area contributed by atoms with Gasteiger partial charge in [-0.15, -0.1) is 22.7 Å². The highest BCUT2D eigenvalue weighted by Crippen LogP contribution is 2.40. The molecule has 0 saturated carbocycles. The van der Waals surface area contributed by atoms with Crippen molar-refractivity contribution >= 4 is 28.7 Å². The number of benzene rings is 2. The number of aromatic nitrogens is 2. The molecule has 6 aromatic rings. The molecule has 184 valence electrons. The Labute approximate surface area is 232 Å². The normalized spacial score (nSPS) is 10.9. The highest BCUT2D eigenvalue weighted by atomic mass is 32.1. The first-order valence-electron chi connectivity index (χ1n) is 12.7. The standard InChI is InChI=1S/C34H28N2S2/c1-2-26-8-10-28(11-9-26)25-36-22-18-30(19-23-36)32-13-15-34(38-32)33-14-12-31(37-33)29-16-20-35(21-17-29)24-27-6-4-3-5-7-27/h2-23H,1,24-25H2/q+2. The Hall–Kier alpha value is -4.12. The van der Waals surface area contributed by atoms with Crippen LogP contribution >= 0.6 is 22.7 Å². The van der Waals surface area contributed by atoms with Crippen LogP contribution in [0, 0.1) is 0 Å². The molecule has 0 aliphatic heterocycles. The van der Waals surface area contributed by atoms with E-state index in [1.165, 1.54) is 41.8 Å². The van der Waals surface area contributed by atoms with Crippen molar-refractivity contribution in [1.29, 1.82) is 0 Å². The smallest absolute Gasteiger partial charge is 0.173 e. The second kappa shape index (κ2) is 11.1. The summed E-state index contributed by atoms with van der Waals surface area (Å²) in [5.41, 5.74) is 6.25. The van der Waals surface area contributed by atoms with Gasteiger partial charge < -0.3 is 0 Å². The summed E-state index contributed by atoms with van der Waals surface area (Å²) >= 11 is 3.71. The Bertz CT molecular complexity index is 1640. The highest BCUT2D eigenvalue weighted by molar-refractivity contribution is 7.25. The van der Waals surface area contributed by atoms with E-state index in [1.54, 1.807) is 0 Å². The summed E-state index contributed by atoms with van der Waals surface area (Å²) in [6.07, 6.45) is 10.5. The first-order valence-corrected chi connectivity index (χ1v) is 14.3. The Morgan fingerprint density at radius 1 is 0.500 bits per heavy atom. The van der Waals surface area contributed by atoms with E-state index in [1.807, 2.05) is 28.7 Å². The van der Waals surface area contributed by atoms with Gasteiger partial charge in [0.15, 0.2) is 37.9 Å². The van der Waals surface area contributed by atoms with Gasteiger partial charge in [-0.2, -0.15) is 0 Å². The number of rotatable bonds is 8. The van der Waals surface area contributed by atoms with E-state index in [0.717, 1.165) is 18.7 Å². The first-order chi connectivity index (χ1) is 18.7. The Morgan fingerprint density at radius 2 is 0.947 bits per heavy atom. The second-order valence-corrected chi connectivity index (χ2v) is 11.4. The molecule has 6 rings (SSSR count). The van der Waals surface area contributed by atoms with Crippen LogP contribution < -0.4 is 9.13 Å². The molecule has 4 heterocycles. The molecule has 2 nitrogen and oxygen atoms in total. The van der Waals surface area contributed by atoms with Crippen molar-refractivity contribution in [2.45, 2.75) is 13.1 Å². The largest absolute Gasteiger partial charge is 0.201 e. The summed E-state index contributed by atoms with van der Waals surface area (Å²) < 4.78 is 4.44. The summed E-state index contributed by atoms with van der Waals surface area (Å²) in [6, 6.07) is 36.9. The summed E-state index contributed by atoms with van der Waals surface area (Å²) in [6.45, 7) is 5.57. The van der Waals surface area contributed by atoms with Gasteiger partial charge in [0.2, 0.25) is 0 Å². The average Bonchev–Trinajstić information content (AvgIpc) is 3.66. The van der Waals surface area contributed by atoms with E-state index in [4.69, 9.17) is 0 Å². The van der Waals surface area contributed by atoms with E-state index in [-0.39, 0.29) is 0 Å². The SMILES string of the molecule is C=Cc1ccc(C[n+]2ccc(-c3ccc(-c4ccc(-c5cc[n+](Cc6ccccc6)cc5)s4)s3)cc2)cc1. The maximum absolute atomic E-state index is 3.83. The molecule has 4 aromatic heterocycles. The number of hydrogen-bond acceptors (Lipinski definition) is 2. The van der Waals surface area contributed by atoms with Crippen LogP contribution in [0.15, 0.2) is 134 Å². The Morgan fingerprint density at radius 3 is 1.42 bits per heavy atom. The lowest BCUT2D eigenvalue weighted by Gasteiger charge is -2.00. The maximum Gasteiger partial charge on any atom is 0.173 e. The molecule has 0 radical (unpaired) electrons. The van der Waals surface area contributed by atoms with Gasteiger partial charge in [-0.05, 0) is 29.8 Å². The Kier molecular flexibility index (Phi) is 7.07. The van der Waals surface area contributed by atoms with Crippen LogP contribution in [-0.4, -0.2) is 0 Å². The van der Waals surface area contributed by atoms with Crippen LogP contribution in [0.1, 0.15) is 16.7 Å². The van der Waals surface area contributed by atoms with Crippen molar-refractivity contribution in [3.8, 4) is 30.6 Å². The van der Waals surface area contributed by atoms with Crippen molar-refractivity contribution < 1.29 is 9.13 Å². The van der Waals surface area contributed by atoms with Gasteiger partial charge in [-0.3, -0.25) is 0 Å². The van der Waals surface area contributed by atoms with Crippen LogP contribution in [0.4, 0.5) is 0 Å². The van der Waals surface area contributed by atoms with Crippen molar-refractivity contribution in [3.05, 3.63) is 151 Å². The predicted octanol–water partition coefficient (Wildman–Crippen LogP) is 8.13. The molecule has 0 atom stereocenters. The third-order valence-corrected chi connectivity index (χ3v) is 9.06. The fourth-order valence-electron chi connectivity index (χ4n) is 4.47. The summed E-state index contributed by atoms with van der Waals surface area (Å²) in [7, 11) is 0. The van der Waals surface area contributed by atoms with E-state index >= 15 is 0 Å². The lowest BCUT2D eigenvalue weighted by Crippen LogP contribution is -2.32. The lowest BCUT2D eigenvalue weighted by molar-refractivity contribution is -0.688. The molecular weight excluding hydrogens is 501 g/mol. The molecule has 0 unspecified atom stereocenters. The Balaban J connectivity index is 1.13. The van der Waals surface area contributed by atoms with Gasteiger partial charge in [0, 0.05) is 66.0 Å². The minimum atomic E-state index is 0.858. The molecule has 0 spiro atoms. The van der Waals surface area contributed by atoms with Gasteiger partial charge in [0.05, 0.1) is 0 Å². The van der Waals surface area contributed by atoms with Crippen molar-refractivity contribution in [3.63, 3.8) is 0 Å². The second-order valence-electron chi connectivity index (χ2n) is 9.28. The van der Waals surface area contributed by atoms with Gasteiger partial charge in [-0.25, -0.2) is 9.13 Å². The third kappa shape index (κ3) is 5.57. The number of thiophene rings is 2. The number of nitrogens with zero attached hydrogens (tertiary/aromatic N) is 2. The minimum absolute atomic E-state index is 0.858. The summed E-state index contributed by atoms with van der Waals surface area (Å²) in [5.74, 6) is 0. The quantitative estimate of drug-likeness (QED) is 0.176. The molecule has 0 fully saturated rings. The lowest BCUT2D eigenvalue weighted by atomic mass is 10.1. The van der Waals surface area contributed by atoms with Gasteiger partial charge in [-0.1, -0.05) is 67.3 Å². The molecule has 0 aliphatic rings. The molecule has 2 aromatic carbocycles. The van der Waals surface area contributed by atoms with E-state index < -0.39 is 0 Å². The van der Waals surface area contributed by atoms with E-state index in [9.17, 15) is 0 Å². The zero-order valence-corrected chi connectivity index (χ0v) is 22.7. The molecular formula is C34H28N2S2+2. The maximum atomic E-state index is 3.83. The average molecular weight is 529 g/mol. The van der Waals surface area contributed by atoms with Crippen LogP contribution in [-0.2, 0) is 13.1 Å². The van der Waals surface area contributed by atoms with Crippen molar-refractivity contribution in [2.75, 3.05) is 0 Å². The zero-order chi connectivity index (χ0) is 25.7.